The minimum absolute atomic E-state index is 0.188. The molecule has 7 heteroatoms. The van der Waals surface area contributed by atoms with E-state index in [1.54, 1.807) is 6.20 Å². The fourth-order valence-electron chi connectivity index (χ4n) is 2.49. The Hall–Kier alpha value is -1.18. The van der Waals surface area contributed by atoms with E-state index in [1.165, 1.54) is 11.3 Å². The highest BCUT2D eigenvalue weighted by atomic mass is 32.1. The van der Waals surface area contributed by atoms with Crippen molar-refractivity contribution in [3.8, 4) is 0 Å². The van der Waals surface area contributed by atoms with Crippen molar-refractivity contribution < 1.29 is 9.53 Å². The van der Waals surface area contributed by atoms with Crippen molar-refractivity contribution >= 4 is 22.5 Å². The van der Waals surface area contributed by atoms with E-state index in [4.69, 9.17) is 4.74 Å². The first-order chi connectivity index (χ1) is 10.1. The molecule has 2 N–H and O–H groups in total. The second kappa shape index (κ2) is 8.31. The summed E-state index contributed by atoms with van der Waals surface area (Å²) in [5, 5.41) is 8.17. The number of carbonyl (C=O) groups excluding carboxylic acids is 1. The second-order valence-electron chi connectivity index (χ2n) is 5.60. The minimum Gasteiger partial charge on any atom is -0.379 e. The summed E-state index contributed by atoms with van der Waals surface area (Å²) >= 11 is 1.41. The summed E-state index contributed by atoms with van der Waals surface area (Å²) in [6, 6.07) is 0.169. The largest absolute Gasteiger partial charge is 0.379 e. The van der Waals surface area contributed by atoms with E-state index in [0.717, 1.165) is 32.7 Å². The van der Waals surface area contributed by atoms with Crippen LogP contribution < -0.4 is 10.6 Å². The average molecular weight is 312 g/mol. The molecule has 0 bridgehead atoms. The van der Waals surface area contributed by atoms with Crippen molar-refractivity contribution in [3.63, 3.8) is 0 Å². The monoisotopic (exact) mass is 312 g/mol. The van der Waals surface area contributed by atoms with Crippen LogP contribution in [0.25, 0.3) is 0 Å². The number of nitrogens with zero attached hydrogens (tertiary/aromatic N) is 2. The third-order valence-electron chi connectivity index (χ3n) is 3.46. The van der Waals surface area contributed by atoms with Gasteiger partial charge in [-0.2, -0.15) is 0 Å². The van der Waals surface area contributed by atoms with Crippen LogP contribution in [-0.2, 0) is 4.74 Å². The minimum atomic E-state index is -0.188. The van der Waals surface area contributed by atoms with Gasteiger partial charge in [-0.3, -0.25) is 10.2 Å². The van der Waals surface area contributed by atoms with E-state index in [-0.39, 0.29) is 6.03 Å². The number of thiazole rings is 1. The van der Waals surface area contributed by atoms with Gasteiger partial charge in [-0.15, -0.1) is 11.3 Å². The normalized spacial score (nSPS) is 17.7. The molecular formula is C14H24N4O2S. The van der Waals surface area contributed by atoms with Gasteiger partial charge in [0.1, 0.15) is 0 Å². The zero-order valence-corrected chi connectivity index (χ0v) is 13.5. The molecule has 6 nitrogen and oxygen atoms in total. The van der Waals surface area contributed by atoms with Crippen molar-refractivity contribution in [2.24, 2.45) is 5.92 Å². The van der Waals surface area contributed by atoms with Crippen LogP contribution >= 0.6 is 11.3 Å². The molecule has 0 saturated carbocycles. The summed E-state index contributed by atoms with van der Waals surface area (Å²) in [4.78, 5) is 18.3. The first kappa shape index (κ1) is 16.2. The van der Waals surface area contributed by atoms with E-state index in [1.807, 2.05) is 5.38 Å². The highest BCUT2D eigenvalue weighted by Crippen LogP contribution is 2.13. The lowest BCUT2D eigenvalue weighted by Gasteiger charge is -2.35. The summed E-state index contributed by atoms with van der Waals surface area (Å²) in [5.41, 5.74) is 0. The Bertz CT molecular complexity index is 419. The molecule has 1 aromatic heterocycles. The molecule has 1 aliphatic heterocycles. The molecule has 0 aromatic carbocycles. The van der Waals surface area contributed by atoms with Gasteiger partial charge in [0.05, 0.1) is 13.2 Å². The quantitative estimate of drug-likeness (QED) is 0.843. The fraction of sp³-hybridized carbons (Fsp3) is 0.714. The molecule has 21 heavy (non-hydrogen) atoms. The van der Waals surface area contributed by atoms with Gasteiger partial charge < -0.3 is 10.1 Å². The molecular weight excluding hydrogens is 288 g/mol. The van der Waals surface area contributed by atoms with Gasteiger partial charge in [-0.05, 0) is 12.3 Å². The second-order valence-corrected chi connectivity index (χ2v) is 6.50. The van der Waals surface area contributed by atoms with Gasteiger partial charge in [0, 0.05) is 37.3 Å². The van der Waals surface area contributed by atoms with Gasteiger partial charge in [0.15, 0.2) is 5.13 Å². The number of rotatable bonds is 6. The van der Waals surface area contributed by atoms with Crippen molar-refractivity contribution in [3.05, 3.63) is 11.6 Å². The van der Waals surface area contributed by atoms with Gasteiger partial charge in [0.2, 0.25) is 0 Å². The third kappa shape index (κ3) is 5.61. The number of nitrogens with one attached hydrogen (secondary N) is 2. The lowest BCUT2D eigenvalue weighted by atomic mass is 10.0. The molecule has 1 fully saturated rings. The first-order valence-electron chi connectivity index (χ1n) is 7.41. The smallest absolute Gasteiger partial charge is 0.321 e. The van der Waals surface area contributed by atoms with Crippen LogP contribution in [0.1, 0.15) is 20.3 Å². The van der Waals surface area contributed by atoms with Gasteiger partial charge in [-0.1, -0.05) is 13.8 Å². The van der Waals surface area contributed by atoms with Crippen molar-refractivity contribution in [1.29, 1.82) is 0 Å². The zero-order valence-electron chi connectivity index (χ0n) is 12.7. The van der Waals surface area contributed by atoms with Gasteiger partial charge in [0.25, 0.3) is 0 Å². The molecule has 118 valence electrons. The number of hydrogen-bond donors (Lipinski definition) is 2. The first-order valence-corrected chi connectivity index (χ1v) is 8.29. The Morgan fingerprint density at radius 3 is 2.86 bits per heavy atom. The molecule has 2 heterocycles. The molecule has 1 atom stereocenters. The molecule has 0 aliphatic carbocycles. The van der Waals surface area contributed by atoms with Crippen LogP contribution in [0.3, 0.4) is 0 Å². The van der Waals surface area contributed by atoms with Crippen molar-refractivity contribution in [2.45, 2.75) is 26.3 Å². The molecule has 1 aliphatic rings. The van der Waals surface area contributed by atoms with E-state index in [0.29, 0.717) is 23.6 Å². The SMILES string of the molecule is CC(C)C[C@H](CNC(=O)Nc1nccs1)N1CCOCC1. The Morgan fingerprint density at radius 1 is 1.48 bits per heavy atom. The Kier molecular flexibility index (Phi) is 6.41. The van der Waals surface area contributed by atoms with Crippen LogP contribution in [0.15, 0.2) is 11.6 Å². The van der Waals surface area contributed by atoms with Gasteiger partial charge >= 0.3 is 6.03 Å². The summed E-state index contributed by atoms with van der Waals surface area (Å²) < 4.78 is 5.40. The predicted molar refractivity (Wildman–Crippen MR) is 84.8 cm³/mol. The lowest BCUT2D eigenvalue weighted by Crippen LogP contribution is -2.49. The number of carbonyl (C=O) groups is 1. The number of urea groups is 1. The lowest BCUT2D eigenvalue weighted by molar-refractivity contribution is 0.0130. The van der Waals surface area contributed by atoms with Crippen LogP contribution in [0.4, 0.5) is 9.93 Å². The van der Waals surface area contributed by atoms with Crippen molar-refractivity contribution in [2.75, 3.05) is 38.2 Å². The number of hydrogen-bond acceptors (Lipinski definition) is 5. The maximum atomic E-state index is 11.9. The number of aromatic nitrogens is 1. The number of amides is 2. The molecule has 2 amide bonds. The maximum Gasteiger partial charge on any atom is 0.321 e. The molecule has 1 saturated heterocycles. The van der Waals surface area contributed by atoms with Crippen LogP contribution in [0, 0.1) is 5.92 Å². The van der Waals surface area contributed by atoms with Gasteiger partial charge in [-0.25, -0.2) is 9.78 Å². The van der Waals surface area contributed by atoms with Crippen molar-refractivity contribution in [1.82, 2.24) is 15.2 Å². The number of morpholine rings is 1. The highest BCUT2D eigenvalue weighted by molar-refractivity contribution is 7.13. The fourth-order valence-corrected chi connectivity index (χ4v) is 3.01. The molecule has 0 radical (unpaired) electrons. The molecule has 2 rings (SSSR count). The topological polar surface area (TPSA) is 66.5 Å². The third-order valence-corrected chi connectivity index (χ3v) is 4.15. The maximum absolute atomic E-state index is 11.9. The number of ether oxygens (including phenoxy) is 1. The van der Waals surface area contributed by atoms with Crippen LogP contribution in [0.2, 0.25) is 0 Å². The Labute approximate surface area is 129 Å². The molecule has 0 unspecified atom stereocenters. The zero-order chi connectivity index (χ0) is 15.1. The summed E-state index contributed by atoms with van der Waals surface area (Å²) in [5.74, 6) is 0.599. The predicted octanol–water partition coefficient (Wildman–Crippen LogP) is 2.01. The summed E-state index contributed by atoms with van der Waals surface area (Å²) in [6.45, 7) is 8.50. The average Bonchev–Trinajstić information content (AvgIpc) is 2.97. The Morgan fingerprint density at radius 2 is 2.24 bits per heavy atom. The Balaban J connectivity index is 1.81. The standard InChI is InChI=1S/C14H24N4O2S/c1-11(2)9-12(18-4-6-20-7-5-18)10-16-13(19)17-14-15-3-8-21-14/h3,8,11-12H,4-7,9-10H2,1-2H3,(H2,15,16,17,19)/t12-/m1/s1. The summed E-state index contributed by atoms with van der Waals surface area (Å²) in [7, 11) is 0. The molecule has 1 aromatic rings. The summed E-state index contributed by atoms with van der Waals surface area (Å²) in [6.07, 6.45) is 2.74. The van der Waals surface area contributed by atoms with E-state index < -0.39 is 0 Å². The van der Waals surface area contributed by atoms with Crippen LogP contribution in [0.5, 0.6) is 0 Å². The van der Waals surface area contributed by atoms with E-state index in [9.17, 15) is 4.79 Å². The molecule has 0 spiro atoms. The highest BCUT2D eigenvalue weighted by Gasteiger charge is 2.22. The van der Waals surface area contributed by atoms with E-state index >= 15 is 0 Å². The van der Waals surface area contributed by atoms with E-state index in [2.05, 4.69) is 34.4 Å². The van der Waals surface area contributed by atoms with Crippen LogP contribution in [-0.4, -0.2) is 54.8 Å². The number of anilines is 1.